The zero-order valence-electron chi connectivity index (χ0n) is 20.7. The third kappa shape index (κ3) is 13.0. The van der Waals surface area contributed by atoms with Crippen LogP contribution in [-0.4, -0.2) is 52.0 Å². The van der Waals surface area contributed by atoms with Crippen LogP contribution in [0.3, 0.4) is 0 Å². The van der Waals surface area contributed by atoms with Crippen molar-refractivity contribution in [2.24, 2.45) is 11.8 Å². The number of unbranched alkanes of at least 4 members (excludes halogenated alkanes) is 5. The number of hydrogen-bond acceptors (Lipinski definition) is 8. The van der Waals surface area contributed by atoms with Crippen molar-refractivity contribution < 1.29 is 34.5 Å². The third-order valence-electron chi connectivity index (χ3n) is 6.41. The molecule has 0 aromatic carbocycles. The molecule has 0 heterocycles. The van der Waals surface area contributed by atoms with Crippen LogP contribution < -0.4 is 0 Å². The molecule has 0 saturated heterocycles. The minimum atomic E-state index is -0.915. The lowest BCUT2D eigenvalue weighted by molar-refractivity contribution is -0.767. The van der Waals surface area contributed by atoms with Crippen LogP contribution >= 0.6 is 0 Å². The van der Waals surface area contributed by atoms with Crippen molar-refractivity contribution in [2.45, 2.75) is 116 Å². The minimum absolute atomic E-state index is 0.0725. The molecular weight excluding hydrogens is 442 g/mol. The first-order valence-corrected chi connectivity index (χ1v) is 12.7. The summed E-state index contributed by atoms with van der Waals surface area (Å²) in [5.74, 6) is -0.346. The highest BCUT2D eigenvalue weighted by Gasteiger charge is 2.40. The fourth-order valence-electron chi connectivity index (χ4n) is 4.48. The first kappa shape index (κ1) is 30.0. The van der Waals surface area contributed by atoms with E-state index in [1.165, 1.54) is 26.2 Å². The molecule has 1 aliphatic carbocycles. The van der Waals surface area contributed by atoms with Gasteiger partial charge in [-0.15, -0.1) is 10.1 Å². The van der Waals surface area contributed by atoms with Crippen LogP contribution in [0.4, 0.5) is 0 Å². The fourth-order valence-corrected chi connectivity index (χ4v) is 4.48. The van der Waals surface area contributed by atoms with Crippen molar-refractivity contribution in [3.05, 3.63) is 22.3 Å². The fraction of sp³-hybridized carbons (Fsp3) is 0.840. The van der Waals surface area contributed by atoms with Crippen LogP contribution in [0.25, 0.3) is 0 Å². The van der Waals surface area contributed by atoms with Gasteiger partial charge in [-0.1, -0.05) is 44.8 Å². The molecule has 0 aromatic rings. The van der Waals surface area contributed by atoms with Crippen molar-refractivity contribution in [3.63, 3.8) is 0 Å². The van der Waals surface area contributed by atoms with Gasteiger partial charge in [-0.05, 0) is 57.3 Å². The van der Waals surface area contributed by atoms with Crippen LogP contribution in [0, 0.1) is 22.0 Å². The SMILES string of the molecule is CCCCCCCC(=O)CC[C@@H]1[C@@H](CC=CCCCC(=O)OCC(C)O[N+](=O)[O-])[C@@H](O)C[C@H]1O. The maximum Gasteiger partial charge on any atom is 0.305 e. The topological polar surface area (TPSA) is 136 Å². The Balaban J connectivity index is 2.27. The van der Waals surface area contributed by atoms with Gasteiger partial charge in [-0.3, -0.25) is 9.59 Å². The molecule has 0 spiro atoms. The first-order valence-electron chi connectivity index (χ1n) is 12.7. The average Bonchev–Trinajstić information content (AvgIpc) is 3.04. The van der Waals surface area contributed by atoms with Gasteiger partial charge < -0.3 is 19.8 Å². The first-order chi connectivity index (χ1) is 16.2. The van der Waals surface area contributed by atoms with Crippen molar-refractivity contribution in [3.8, 4) is 0 Å². The monoisotopic (exact) mass is 485 g/mol. The van der Waals surface area contributed by atoms with E-state index >= 15 is 0 Å². The number of carbonyl (C=O) groups excluding carboxylic acids is 2. The molecule has 9 nitrogen and oxygen atoms in total. The van der Waals surface area contributed by atoms with E-state index in [9.17, 15) is 29.9 Å². The molecular formula is C25H43NO8. The maximum atomic E-state index is 12.2. The van der Waals surface area contributed by atoms with Gasteiger partial charge in [0.1, 0.15) is 18.5 Å². The minimum Gasteiger partial charge on any atom is -0.463 e. The Morgan fingerprint density at radius 3 is 2.44 bits per heavy atom. The van der Waals surface area contributed by atoms with E-state index in [0.29, 0.717) is 44.9 Å². The van der Waals surface area contributed by atoms with Gasteiger partial charge in [0.05, 0.1) is 12.2 Å². The zero-order valence-corrected chi connectivity index (χ0v) is 20.7. The summed E-state index contributed by atoms with van der Waals surface area (Å²) in [6, 6.07) is 0. The number of rotatable bonds is 19. The Bertz CT molecular complexity index is 638. The lowest BCUT2D eigenvalue weighted by Crippen LogP contribution is -2.22. The normalized spacial score (nSPS) is 23.2. The summed E-state index contributed by atoms with van der Waals surface area (Å²) in [5.41, 5.74) is 0. The molecule has 1 rings (SSSR count). The summed E-state index contributed by atoms with van der Waals surface area (Å²) in [5, 5.41) is 30.0. The quantitative estimate of drug-likeness (QED) is 0.0908. The standard InChI is InChI=1S/C25H43NO8/c1-3-4-5-6-9-12-20(27)15-16-22-21(23(28)17-24(22)29)13-10-7-8-11-14-25(30)33-18-19(2)34-26(31)32/h7,10,19,21-24,28-29H,3-6,8-9,11-18H2,1-2H3/t19?,21-,22-,23+,24-/m1/s1. The number of esters is 1. The second-order valence-corrected chi connectivity index (χ2v) is 9.36. The van der Waals surface area contributed by atoms with Gasteiger partial charge in [0.15, 0.2) is 0 Å². The van der Waals surface area contributed by atoms with E-state index in [4.69, 9.17) is 4.74 Å². The Morgan fingerprint density at radius 1 is 1.03 bits per heavy atom. The van der Waals surface area contributed by atoms with E-state index in [1.54, 1.807) is 0 Å². The molecule has 5 atom stereocenters. The predicted molar refractivity (Wildman–Crippen MR) is 127 cm³/mol. The summed E-state index contributed by atoms with van der Waals surface area (Å²) in [7, 11) is 0. The van der Waals surface area contributed by atoms with Crippen LogP contribution in [0.2, 0.25) is 0 Å². The van der Waals surface area contributed by atoms with Crippen LogP contribution in [-0.2, 0) is 19.2 Å². The zero-order chi connectivity index (χ0) is 25.3. The number of ketones is 1. The molecule has 0 aliphatic heterocycles. The summed E-state index contributed by atoms with van der Waals surface area (Å²) >= 11 is 0. The number of hydrogen-bond donors (Lipinski definition) is 2. The second-order valence-electron chi connectivity index (χ2n) is 9.36. The van der Waals surface area contributed by atoms with Crippen molar-refractivity contribution >= 4 is 11.8 Å². The molecule has 1 aliphatic rings. The van der Waals surface area contributed by atoms with Crippen LogP contribution in [0.1, 0.15) is 97.3 Å². The molecule has 1 fully saturated rings. The smallest absolute Gasteiger partial charge is 0.305 e. The van der Waals surface area contributed by atoms with Gasteiger partial charge in [-0.25, -0.2) is 0 Å². The van der Waals surface area contributed by atoms with Gasteiger partial charge in [0.25, 0.3) is 5.09 Å². The summed E-state index contributed by atoms with van der Waals surface area (Å²) in [4.78, 5) is 38.4. The van der Waals surface area contributed by atoms with Crippen molar-refractivity contribution in [1.82, 2.24) is 0 Å². The van der Waals surface area contributed by atoms with Gasteiger partial charge in [0, 0.05) is 19.3 Å². The number of aliphatic hydroxyl groups is 2. The third-order valence-corrected chi connectivity index (χ3v) is 6.41. The highest BCUT2D eigenvalue weighted by molar-refractivity contribution is 5.78. The molecule has 0 radical (unpaired) electrons. The molecule has 0 aromatic heterocycles. The highest BCUT2D eigenvalue weighted by Crippen LogP contribution is 2.38. The molecule has 196 valence electrons. The molecule has 34 heavy (non-hydrogen) atoms. The van der Waals surface area contributed by atoms with Gasteiger partial charge in [-0.2, -0.15) is 0 Å². The molecule has 1 unspecified atom stereocenters. The predicted octanol–water partition coefficient (Wildman–Crippen LogP) is 4.31. The number of ether oxygens (including phenoxy) is 1. The van der Waals surface area contributed by atoms with E-state index in [0.717, 1.165) is 12.8 Å². The highest BCUT2D eigenvalue weighted by atomic mass is 17.0. The Labute approximate surface area is 203 Å². The van der Waals surface area contributed by atoms with Crippen LogP contribution in [0.5, 0.6) is 0 Å². The molecule has 1 saturated carbocycles. The summed E-state index contributed by atoms with van der Waals surface area (Å²) < 4.78 is 4.94. The van der Waals surface area contributed by atoms with Crippen molar-refractivity contribution in [1.29, 1.82) is 0 Å². The number of allylic oxidation sites excluding steroid dienone is 2. The maximum absolute atomic E-state index is 12.2. The lowest BCUT2D eigenvalue weighted by Gasteiger charge is -2.22. The molecule has 0 amide bonds. The summed E-state index contributed by atoms with van der Waals surface area (Å²) in [6.45, 7) is 3.45. The number of aliphatic hydroxyl groups excluding tert-OH is 2. The average molecular weight is 486 g/mol. The Kier molecular flexibility index (Phi) is 15.4. The van der Waals surface area contributed by atoms with Gasteiger partial charge >= 0.3 is 5.97 Å². The molecule has 9 heteroatoms. The number of carbonyl (C=O) groups is 2. The molecule has 0 bridgehead atoms. The van der Waals surface area contributed by atoms with Gasteiger partial charge in [0.2, 0.25) is 0 Å². The number of nitrogens with zero attached hydrogens (tertiary/aromatic N) is 1. The van der Waals surface area contributed by atoms with Crippen LogP contribution in [0.15, 0.2) is 12.2 Å². The van der Waals surface area contributed by atoms with E-state index in [1.807, 2.05) is 12.2 Å². The number of Topliss-reactive ketones (excluding diaryl/α,β-unsaturated/α-hetero) is 1. The van der Waals surface area contributed by atoms with E-state index in [-0.39, 0.29) is 30.6 Å². The lowest BCUT2D eigenvalue weighted by atomic mass is 9.86. The second kappa shape index (κ2) is 17.4. The van der Waals surface area contributed by atoms with Crippen molar-refractivity contribution in [2.75, 3.05) is 6.61 Å². The largest absolute Gasteiger partial charge is 0.463 e. The van der Waals surface area contributed by atoms with E-state index < -0.39 is 29.4 Å². The summed E-state index contributed by atoms with van der Waals surface area (Å²) in [6.07, 6.45) is 11.6. The Morgan fingerprint density at radius 2 is 1.74 bits per heavy atom. The Hall–Kier alpha value is -2.00. The molecule has 2 N–H and O–H groups in total. The van der Waals surface area contributed by atoms with E-state index in [2.05, 4.69) is 11.8 Å².